The summed E-state index contributed by atoms with van der Waals surface area (Å²) in [6.45, 7) is 0. The molecule has 0 unspecified atom stereocenters. The van der Waals surface area contributed by atoms with E-state index in [-0.39, 0.29) is 0 Å². The van der Waals surface area contributed by atoms with Crippen LogP contribution in [0.5, 0.6) is 0 Å². The molecule has 16 heavy (non-hydrogen) atoms. The van der Waals surface area contributed by atoms with Crippen molar-refractivity contribution in [3.05, 3.63) is 55.4 Å². The molecule has 4 heteroatoms. The average molecular weight is 210 g/mol. The van der Waals surface area contributed by atoms with Gasteiger partial charge in [0.15, 0.2) is 0 Å². The molecule has 78 valence electrons. The molecule has 0 aromatic carbocycles. The summed E-state index contributed by atoms with van der Waals surface area (Å²) in [7, 11) is 0. The van der Waals surface area contributed by atoms with Crippen LogP contribution in [0.4, 0.5) is 0 Å². The molecule has 4 nitrogen and oxygen atoms in total. The summed E-state index contributed by atoms with van der Waals surface area (Å²) in [5.41, 5.74) is 2.95. The van der Waals surface area contributed by atoms with E-state index in [9.17, 15) is 0 Å². The first-order chi connectivity index (χ1) is 7.93. The van der Waals surface area contributed by atoms with Gasteiger partial charge >= 0.3 is 0 Å². The molecule has 0 fully saturated rings. The van der Waals surface area contributed by atoms with Crippen LogP contribution in [0.25, 0.3) is 17.1 Å². The Balaban J connectivity index is 2.00. The van der Waals surface area contributed by atoms with Crippen LogP contribution < -0.4 is 0 Å². The van der Waals surface area contributed by atoms with Crippen molar-refractivity contribution < 1.29 is 0 Å². The van der Waals surface area contributed by atoms with Crippen molar-refractivity contribution in [2.45, 2.75) is 0 Å². The Morgan fingerprint density at radius 2 is 2.19 bits per heavy atom. The van der Waals surface area contributed by atoms with E-state index in [4.69, 9.17) is 0 Å². The SMILES string of the molecule is c1cncc(-n2cnc(-c3ccc[nH]3)c2)c1. The molecule has 3 aromatic heterocycles. The molecular weight excluding hydrogens is 200 g/mol. The molecule has 0 atom stereocenters. The maximum atomic E-state index is 4.34. The molecular formula is C12H10N4. The van der Waals surface area contributed by atoms with E-state index in [1.54, 1.807) is 18.7 Å². The molecule has 0 aliphatic rings. The van der Waals surface area contributed by atoms with Crippen molar-refractivity contribution in [3.8, 4) is 17.1 Å². The number of hydrogen-bond acceptors (Lipinski definition) is 2. The summed E-state index contributed by atoms with van der Waals surface area (Å²) in [5, 5.41) is 0. The van der Waals surface area contributed by atoms with Crippen molar-refractivity contribution in [2.75, 3.05) is 0 Å². The maximum absolute atomic E-state index is 4.34. The number of H-pyrrole nitrogens is 1. The number of aromatic amines is 1. The van der Waals surface area contributed by atoms with Gasteiger partial charge in [-0.3, -0.25) is 4.98 Å². The van der Waals surface area contributed by atoms with Gasteiger partial charge in [-0.05, 0) is 24.3 Å². The van der Waals surface area contributed by atoms with E-state index in [1.165, 1.54) is 0 Å². The smallest absolute Gasteiger partial charge is 0.105 e. The molecule has 0 saturated carbocycles. The van der Waals surface area contributed by atoms with E-state index in [1.807, 2.05) is 41.2 Å². The Hall–Kier alpha value is -2.36. The lowest BCUT2D eigenvalue weighted by atomic mass is 10.3. The predicted molar refractivity (Wildman–Crippen MR) is 61.1 cm³/mol. The Bertz CT molecular complexity index is 566. The zero-order chi connectivity index (χ0) is 10.8. The Kier molecular flexibility index (Phi) is 2.04. The van der Waals surface area contributed by atoms with Gasteiger partial charge < -0.3 is 9.55 Å². The fourth-order valence-electron chi connectivity index (χ4n) is 1.60. The maximum Gasteiger partial charge on any atom is 0.105 e. The lowest BCUT2D eigenvalue weighted by Crippen LogP contribution is -1.89. The molecule has 0 spiro atoms. The second-order valence-electron chi connectivity index (χ2n) is 3.46. The van der Waals surface area contributed by atoms with Gasteiger partial charge in [-0.25, -0.2) is 4.98 Å². The number of nitrogens with one attached hydrogen (secondary N) is 1. The number of nitrogens with zero attached hydrogens (tertiary/aromatic N) is 3. The second kappa shape index (κ2) is 3.66. The van der Waals surface area contributed by atoms with E-state index in [0.717, 1.165) is 17.1 Å². The largest absolute Gasteiger partial charge is 0.360 e. The summed E-state index contributed by atoms with van der Waals surface area (Å²) in [6, 6.07) is 7.85. The lowest BCUT2D eigenvalue weighted by molar-refractivity contribution is 1.04. The van der Waals surface area contributed by atoms with Crippen LogP contribution in [0.1, 0.15) is 0 Å². The molecule has 3 rings (SSSR count). The van der Waals surface area contributed by atoms with Gasteiger partial charge in [0.2, 0.25) is 0 Å². The zero-order valence-corrected chi connectivity index (χ0v) is 8.54. The van der Waals surface area contributed by atoms with Gasteiger partial charge in [-0.1, -0.05) is 0 Å². The number of aromatic nitrogens is 4. The highest BCUT2D eigenvalue weighted by Crippen LogP contribution is 2.16. The number of rotatable bonds is 2. The fraction of sp³-hybridized carbons (Fsp3) is 0. The van der Waals surface area contributed by atoms with Crippen molar-refractivity contribution >= 4 is 0 Å². The minimum Gasteiger partial charge on any atom is -0.360 e. The molecule has 1 N–H and O–H groups in total. The molecule has 0 saturated heterocycles. The summed E-state index contributed by atoms with van der Waals surface area (Å²) < 4.78 is 1.95. The van der Waals surface area contributed by atoms with Crippen LogP contribution in [-0.4, -0.2) is 19.5 Å². The van der Waals surface area contributed by atoms with Crippen molar-refractivity contribution in [1.29, 1.82) is 0 Å². The third-order valence-electron chi connectivity index (χ3n) is 2.40. The van der Waals surface area contributed by atoms with Gasteiger partial charge in [-0.15, -0.1) is 0 Å². The monoisotopic (exact) mass is 210 g/mol. The number of hydrogen-bond donors (Lipinski definition) is 1. The summed E-state index contributed by atoms with van der Waals surface area (Å²) >= 11 is 0. The van der Waals surface area contributed by atoms with E-state index >= 15 is 0 Å². The highest BCUT2D eigenvalue weighted by molar-refractivity contribution is 5.53. The van der Waals surface area contributed by atoms with Crippen LogP contribution in [0.3, 0.4) is 0 Å². The van der Waals surface area contributed by atoms with Gasteiger partial charge in [0, 0.05) is 18.6 Å². The number of pyridine rings is 1. The lowest BCUT2D eigenvalue weighted by Gasteiger charge is -1.98. The Labute approximate surface area is 92.6 Å². The quantitative estimate of drug-likeness (QED) is 0.705. The molecule has 0 amide bonds. The van der Waals surface area contributed by atoms with Crippen molar-refractivity contribution in [3.63, 3.8) is 0 Å². The number of imidazole rings is 1. The minimum absolute atomic E-state index is 0.925. The molecule has 3 aromatic rings. The molecule has 0 bridgehead atoms. The van der Waals surface area contributed by atoms with Crippen molar-refractivity contribution in [1.82, 2.24) is 19.5 Å². The third-order valence-corrected chi connectivity index (χ3v) is 2.40. The van der Waals surface area contributed by atoms with Gasteiger partial charge in [0.1, 0.15) is 12.0 Å². The predicted octanol–water partition coefficient (Wildman–Crippen LogP) is 2.26. The molecule has 0 aliphatic carbocycles. The van der Waals surface area contributed by atoms with Gasteiger partial charge in [0.05, 0.1) is 17.6 Å². The van der Waals surface area contributed by atoms with E-state index in [2.05, 4.69) is 15.0 Å². The van der Waals surface area contributed by atoms with Crippen molar-refractivity contribution in [2.24, 2.45) is 0 Å². The van der Waals surface area contributed by atoms with Crippen LogP contribution >= 0.6 is 0 Å². The third kappa shape index (κ3) is 1.50. The standard InChI is InChI=1S/C12H10N4/c1-3-10(7-13-5-1)16-8-12(15-9-16)11-4-2-6-14-11/h1-9,14H. The Morgan fingerprint density at radius 1 is 1.19 bits per heavy atom. The molecule has 0 radical (unpaired) electrons. The summed E-state index contributed by atoms with van der Waals surface area (Å²) in [4.78, 5) is 11.5. The van der Waals surface area contributed by atoms with Crippen LogP contribution in [0.2, 0.25) is 0 Å². The minimum atomic E-state index is 0.925. The zero-order valence-electron chi connectivity index (χ0n) is 8.54. The molecule has 3 heterocycles. The highest BCUT2D eigenvalue weighted by atomic mass is 15.0. The first kappa shape index (κ1) is 8.91. The second-order valence-corrected chi connectivity index (χ2v) is 3.46. The summed E-state index contributed by atoms with van der Waals surface area (Å²) in [5.74, 6) is 0. The fourth-order valence-corrected chi connectivity index (χ4v) is 1.60. The van der Waals surface area contributed by atoms with E-state index in [0.29, 0.717) is 0 Å². The van der Waals surface area contributed by atoms with Crippen LogP contribution in [-0.2, 0) is 0 Å². The van der Waals surface area contributed by atoms with Crippen LogP contribution in [0.15, 0.2) is 55.4 Å². The average Bonchev–Trinajstić information content (AvgIpc) is 3.01. The molecule has 0 aliphatic heterocycles. The normalized spacial score (nSPS) is 10.5. The van der Waals surface area contributed by atoms with Crippen LogP contribution in [0, 0.1) is 0 Å². The van der Waals surface area contributed by atoms with Gasteiger partial charge in [0.25, 0.3) is 0 Å². The first-order valence-electron chi connectivity index (χ1n) is 5.01. The summed E-state index contributed by atoms with van der Waals surface area (Å²) in [6.07, 6.45) is 9.21. The van der Waals surface area contributed by atoms with E-state index < -0.39 is 0 Å². The van der Waals surface area contributed by atoms with Gasteiger partial charge in [-0.2, -0.15) is 0 Å². The first-order valence-corrected chi connectivity index (χ1v) is 5.01. The highest BCUT2D eigenvalue weighted by Gasteiger charge is 2.03. The topological polar surface area (TPSA) is 46.5 Å². The Morgan fingerprint density at radius 3 is 2.94 bits per heavy atom.